The Kier molecular flexibility index (Phi) is 3.50. The van der Waals surface area contributed by atoms with Gasteiger partial charge in [-0.3, -0.25) is 4.79 Å². The van der Waals surface area contributed by atoms with E-state index in [1.807, 2.05) is 11.8 Å². The van der Waals surface area contributed by atoms with E-state index in [1.165, 1.54) is 26.4 Å². The average Bonchev–Trinajstić information content (AvgIpc) is 2.61. The van der Waals surface area contributed by atoms with E-state index in [0.29, 0.717) is 17.3 Å². The topological polar surface area (TPSA) is 26.3 Å². The Morgan fingerprint density at radius 2 is 2.12 bits per heavy atom. The Labute approximate surface area is 109 Å². The van der Waals surface area contributed by atoms with Crippen LogP contribution in [0.15, 0.2) is 0 Å². The number of fused-ring (bicyclic) bond motifs is 2. The van der Waals surface area contributed by atoms with Crippen molar-refractivity contribution >= 4 is 17.7 Å². The third-order valence-corrected chi connectivity index (χ3v) is 7.12. The summed E-state index contributed by atoms with van der Waals surface area (Å²) < 4.78 is 4.69. The number of thioether (sulfide) groups is 1. The minimum Gasteiger partial charge on any atom is -0.469 e. The SMILES string of the molecule is COC(=O)CCSC1CC2CCC1(C)C2(C)C. The summed E-state index contributed by atoms with van der Waals surface area (Å²) in [6, 6.07) is 0. The van der Waals surface area contributed by atoms with E-state index in [2.05, 4.69) is 20.8 Å². The molecule has 2 aliphatic carbocycles. The van der Waals surface area contributed by atoms with Gasteiger partial charge in [-0.15, -0.1) is 0 Å². The molecule has 98 valence electrons. The lowest BCUT2D eigenvalue weighted by Gasteiger charge is -2.39. The second-order valence-electron chi connectivity index (χ2n) is 6.30. The maximum absolute atomic E-state index is 11.1. The van der Waals surface area contributed by atoms with Crippen molar-refractivity contribution in [2.24, 2.45) is 16.7 Å². The summed E-state index contributed by atoms with van der Waals surface area (Å²) in [5, 5.41) is 0.737. The lowest BCUT2D eigenvalue weighted by atomic mass is 9.71. The zero-order valence-electron chi connectivity index (χ0n) is 11.4. The van der Waals surface area contributed by atoms with E-state index in [4.69, 9.17) is 4.74 Å². The molecule has 0 amide bonds. The summed E-state index contributed by atoms with van der Waals surface area (Å²) in [6.45, 7) is 7.33. The van der Waals surface area contributed by atoms with Gasteiger partial charge in [-0.1, -0.05) is 20.8 Å². The summed E-state index contributed by atoms with van der Waals surface area (Å²) in [5.41, 5.74) is 0.953. The first-order chi connectivity index (χ1) is 7.91. The Bertz CT molecular complexity index is 313. The van der Waals surface area contributed by atoms with Crippen molar-refractivity contribution in [3.05, 3.63) is 0 Å². The quantitative estimate of drug-likeness (QED) is 0.720. The van der Waals surface area contributed by atoms with E-state index < -0.39 is 0 Å². The number of hydrogen-bond acceptors (Lipinski definition) is 3. The first kappa shape index (κ1) is 13.3. The largest absolute Gasteiger partial charge is 0.469 e. The standard InChI is InChI=1S/C14H24O2S/c1-13(2)10-5-7-14(13,3)11(9-10)17-8-6-12(15)16-4/h10-11H,5-9H2,1-4H3. The van der Waals surface area contributed by atoms with Gasteiger partial charge in [-0.05, 0) is 36.0 Å². The highest BCUT2D eigenvalue weighted by Gasteiger charge is 2.61. The van der Waals surface area contributed by atoms with E-state index >= 15 is 0 Å². The summed E-state index contributed by atoms with van der Waals surface area (Å²) in [4.78, 5) is 11.1. The van der Waals surface area contributed by atoms with Crippen molar-refractivity contribution in [3.8, 4) is 0 Å². The van der Waals surface area contributed by atoms with Gasteiger partial charge in [0.25, 0.3) is 0 Å². The van der Waals surface area contributed by atoms with Crippen molar-refractivity contribution in [3.63, 3.8) is 0 Å². The van der Waals surface area contributed by atoms with E-state index in [1.54, 1.807) is 0 Å². The average molecular weight is 256 g/mol. The van der Waals surface area contributed by atoms with Crippen LogP contribution < -0.4 is 0 Å². The van der Waals surface area contributed by atoms with Gasteiger partial charge in [-0.25, -0.2) is 0 Å². The van der Waals surface area contributed by atoms with Crippen LogP contribution in [-0.4, -0.2) is 24.1 Å². The van der Waals surface area contributed by atoms with Crippen LogP contribution in [0.3, 0.4) is 0 Å². The van der Waals surface area contributed by atoms with Gasteiger partial charge in [0.2, 0.25) is 0 Å². The lowest BCUT2D eigenvalue weighted by molar-refractivity contribution is -0.140. The van der Waals surface area contributed by atoms with Gasteiger partial charge < -0.3 is 4.74 Å². The molecular weight excluding hydrogens is 232 g/mol. The van der Waals surface area contributed by atoms with Crippen molar-refractivity contribution < 1.29 is 9.53 Å². The van der Waals surface area contributed by atoms with Crippen molar-refractivity contribution in [2.75, 3.05) is 12.9 Å². The molecule has 2 fully saturated rings. The van der Waals surface area contributed by atoms with Crippen molar-refractivity contribution in [1.82, 2.24) is 0 Å². The molecule has 0 radical (unpaired) electrons. The first-order valence-corrected chi connectivity index (χ1v) is 7.65. The first-order valence-electron chi connectivity index (χ1n) is 6.60. The molecule has 0 aromatic rings. The van der Waals surface area contributed by atoms with Gasteiger partial charge in [0.15, 0.2) is 0 Å². The molecule has 17 heavy (non-hydrogen) atoms. The van der Waals surface area contributed by atoms with Gasteiger partial charge in [0.1, 0.15) is 0 Å². The molecule has 3 unspecified atom stereocenters. The van der Waals surface area contributed by atoms with Crippen molar-refractivity contribution in [1.29, 1.82) is 0 Å². The highest BCUT2D eigenvalue weighted by atomic mass is 32.2. The second-order valence-corrected chi connectivity index (χ2v) is 7.61. The fraction of sp³-hybridized carbons (Fsp3) is 0.929. The number of carbonyl (C=O) groups is 1. The fourth-order valence-corrected chi connectivity index (χ4v) is 5.50. The Morgan fingerprint density at radius 3 is 2.59 bits per heavy atom. The fourth-order valence-electron chi connectivity index (χ4n) is 3.77. The molecule has 3 heteroatoms. The number of carbonyl (C=O) groups excluding carboxylic acids is 1. The molecule has 2 aliphatic rings. The molecule has 0 N–H and O–H groups in total. The Balaban J connectivity index is 1.90. The highest BCUT2D eigenvalue weighted by Crippen LogP contribution is 2.68. The zero-order valence-corrected chi connectivity index (χ0v) is 12.2. The summed E-state index contributed by atoms with van der Waals surface area (Å²) in [5.74, 6) is 1.73. The maximum atomic E-state index is 11.1. The molecule has 2 bridgehead atoms. The predicted octanol–water partition coefficient (Wildman–Crippen LogP) is 3.50. The molecule has 2 saturated carbocycles. The third kappa shape index (κ3) is 2.00. The second kappa shape index (κ2) is 4.49. The number of ether oxygens (including phenoxy) is 1. The Morgan fingerprint density at radius 1 is 1.41 bits per heavy atom. The highest BCUT2D eigenvalue weighted by molar-refractivity contribution is 7.99. The van der Waals surface area contributed by atoms with Gasteiger partial charge in [0.05, 0.1) is 13.5 Å². The van der Waals surface area contributed by atoms with E-state index in [0.717, 1.165) is 16.9 Å². The number of rotatable bonds is 4. The number of methoxy groups -OCH3 is 1. The minimum absolute atomic E-state index is 0.0786. The summed E-state index contributed by atoms with van der Waals surface area (Å²) in [7, 11) is 1.47. The van der Waals surface area contributed by atoms with Crippen LogP contribution in [0, 0.1) is 16.7 Å². The minimum atomic E-state index is -0.0786. The van der Waals surface area contributed by atoms with Gasteiger partial charge >= 0.3 is 5.97 Å². The van der Waals surface area contributed by atoms with Crippen LogP contribution >= 0.6 is 11.8 Å². The van der Waals surface area contributed by atoms with Crippen LogP contribution in [0.2, 0.25) is 0 Å². The van der Waals surface area contributed by atoms with E-state index in [9.17, 15) is 4.79 Å². The molecule has 3 atom stereocenters. The van der Waals surface area contributed by atoms with Crippen LogP contribution in [-0.2, 0) is 9.53 Å². The van der Waals surface area contributed by atoms with Crippen LogP contribution in [0.25, 0.3) is 0 Å². The van der Waals surface area contributed by atoms with E-state index in [-0.39, 0.29) is 5.97 Å². The molecule has 0 saturated heterocycles. The van der Waals surface area contributed by atoms with Crippen LogP contribution in [0.5, 0.6) is 0 Å². The molecule has 0 aromatic carbocycles. The maximum Gasteiger partial charge on any atom is 0.306 e. The zero-order chi connectivity index (χ0) is 12.7. The number of hydrogen-bond donors (Lipinski definition) is 0. The molecule has 0 aliphatic heterocycles. The monoisotopic (exact) mass is 256 g/mol. The summed E-state index contributed by atoms with van der Waals surface area (Å²) in [6.07, 6.45) is 4.66. The lowest BCUT2D eigenvalue weighted by Crippen LogP contribution is -2.34. The normalized spacial score (nSPS) is 38.4. The molecule has 2 nitrogen and oxygen atoms in total. The number of esters is 1. The smallest absolute Gasteiger partial charge is 0.306 e. The van der Waals surface area contributed by atoms with Crippen LogP contribution in [0.1, 0.15) is 46.5 Å². The molecule has 0 aromatic heterocycles. The van der Waals surface area contributed by atoms with Gasteiger partial charge in [0, 0.05) is 11.0 Å². The molecule has 0 spiro atoms. The third-order valence-electron chi connectivity index (χ3n) is 5.57. The predicted molar refractivity (Wildman–Crippen MR) is 72.1 cm³/mol. The molecular formula is C14H24O2S. The summed E-state index contributed by atoms with van der Waals surface area (Å²) >= 11 is 1.99. The molecule has 0 heterocycles. The van der Waals surface area contributed by atoms with Gasteiger partial charge in [-0.2, -0.15) is 11.8 Å². The van der Waals surface area contributed by atoms with Crippen LogP contribution in [0.4, 0.5) is 0 Å². The van der Waals surface area contributed by atoms with Crippen molar-refractivity contribution in [2.45, 2.75) is 51.7 Å². The molecule has 2 rings (SSSR count). The Hall–Kier alpha value is -0.180.